The van der Waals surface area contributed by atoms with Gasteiger partial charge in [0.1, 0.15) is 11.9 Å². The number of halogens is 3. The highest BCUT2D eigenvalue weighted by Gasteiger charge is 2.18. The highest BCUT2D eigenvalue weighted by Crippen LogP contribution is 2.32. The zero-order chi connectivity index (χ0) is 12.3. The third kappa shape index (κ3) is 3.09. The first-order valence-corrected chi connectivity index (χ1v) is 5.76. The van der Waals surface area contributed by atoms with E-state index in [0.717, 1.165) is 6.07 Å². The molecule has 0 saturated heterocycles. The van der Waals surface area contributed by atoms with Gasteiger partial charge in [-0.2, -0.15) is 0 Å². The van der Waals surface area contributed by atoms with E-state index in [-0.39, 0.29) is 5.02 Å². The van der Waals surface area contributed by atoms with Gasteiger partial charge in [-0.05, 0) is 34.5 Å². The number of carboxylic acids is 1. The fourth-order valence-electron chi connectivity index (χ4n) is 1.19. The zero-order valence-electron chi connectivity index (χ0n) is 8.43. The molecule has 1 atom stereocenters. The first kappa shape index (κ1) is 13.3. The van der Waals surface area contributed by atoms with Crippen LogP contribution in [-0.2, 0) is 4.79 Å². The number of benzene rings is 1. The van der Waals surface area contributed by atoms with Gasteiger partial charge in [-0.15, -0.1) is 0 Å². The summed E-state index contributed by atoms with van der Waals surface area (Å²) in [6, 6.07) is 1.60. The average Bonchev–Trinajstić information content (AvgIpc) is 2.15. The molecule has 0 amide bonds. The van der Waals surface area contributed by atoms with Crippen LogP contribution in [0.5, 0.6) is 0 Å². The molecule has 0 radical (unpaired) electrons. The SMILES string of the molecule is CCC(Nc1c(Cl)cc(F)cc1Br)C(=O)O. The van der Waals surface area contributed by atoms with Gasteiger partial charge in [0.2, 0.25) is 0 Å². The second-order valence-corrected chi connectivity index (χ2v) is 4.45. The monoisotopic (exact) mass is 309 g/mol. The van der Waals surface area contributed by atoms with Crippen molar-refractivity contribution in [3.63, 3.8) is 0 Å². The van der Waals surface area contributed by atoms with Crippen LogP contribution in [0.25, 0.3) is 0 Å². The number of carboxylic acid groups (broad SMARTS) is 1. The van der Waals surface area contributed by atoms with E-state index < -0.39 is 17.8 Å². The number of hydrogen-bond donors (Lipinski definition) is 2. The minimum absolute atomic E-state index is 0.145. The lowest BCUT2D eigenvalue weighted by Gasteiger charge is -2.16. The highest BCUT2D eigenvalue weighted by atomic mass is 79.9. The molecule has 3 nitrogen and oxygen atoms in total. The number of aliphatic carboxylic acids is 1. The molecule has 16 heavy (non-hydrogen) atoms. The summed E-state index contributed by atoms with van der Waals surface area (Å²) in [7, 11) is 0. The predicted octanol–water partition coefficient (Wildman–Crippen LogP) is 3.52. The summed E-state index contributed by atoms with van der Waals surface area (Å²) < 4.78 is 13.3. The molecule has 1 rings (SSSR count). The van der Waals surface area contributed by atoms with Crippen LogP contribution in [0.3, 0.4) is 0 Å². The highest BCUT2D eigenvalue weighted by molar-refractivity contribution is 9.10. The van der Waals surface area contributed by atoms with Gasteiger partial charge in [0, 0.05) is 4.47 Å². The summed E-state index contributed by atoms with van der Waals surface area (Å²) in [6.45, 7) is 1.73. The fourth-order valence-corrected chi connectivity index (χ4v) is 2.11. The van der Waals surface area contributed by atoms with Crippen molar-refractivity contribution in [2.45, 2.75) is 19.4 Å². The van der Waals surface area contributed by atoms with Crippen LogP contribution < -0.4 is 5.32 Å². The Morgan fingerprint density at radius 1 is 1.69 bits per heavy atom. The van der Waals surface area contributed by atoms with Gasteiger partial charge in [0.15, 0.2) is 0 Å². The molecule has 1 aromatic rings. The summed E-state index contributed by atoms with van der Waals surface area (Å²) >= 11 is 8.94. The first-order valence-electron chi connectivity index (χ1n) is 4.59. The number of hydrogen-bond acceptors (Lipinski definition) is 2. The third-order valence-electron chi connectivity index (χ3n) is 2.03. The van der Waals surface area contributed by atoms with E-state index >= 15 is 0 Å². The molecular weight excluding hydrogens is 300 g/mol. The standard InChI is InChI=1S/C10H10BrClFNO2/c1-2-8(10(15)16)14-9-6(11)3-5(13)4-7(9)12/h3-4,8,14H,2H2,1H3,(H,15,16). The van der Waals surface area contributed by atoms with E-state index in [0.29, 0.717) is 16.6 Å². The van der Waals surface area contributed by atoms with Gasteiger partial charge < -0.3 is 10.4 Å². The van der Waals surface area contributed by atoms with Crippen molar-refractivity contribution in [3.05, 3.63) is 27.4 Å². The van der Waals surface area contributed by atoms with Crippen LogP contribution >= 0.6 is 27.5 Å². The van der Waals surface area contributed by atoms with E-state index in [1.807, 2.05) is 0 Å². The van der Waals surface area contributed by atoms with Crippen LogP contribution in [0, 0.1) is 5.82 Å². The topological polar surface area (TPSA) is 49.3 Å². The van der Waals surface area contributed by atoms with Gasteiger partial charge >= 0.3 is 5.97 Å². The maximum absolute atomic E-state index is 12.9. The Kier molecular flexibility index (Phi) is 4.56. The normalized spacial score (nSPS) is 12.2. The summed E-state index contributed by atoms with van der Waals surface area (Å²) in [5.41, 5.74) is 0.386. The second-order valence-electron chi connectivity index (χ2n) is 3.19. The quantitative estimate of drug-likeness (QED) is 0.894. The van der Waals surface area contributed by atoms with Crippen molar-refractivity contribution in [1.82, 2.24) is 0 Å². The van der Waals surface area contributed by atoms with Crippen LogP contribution in [0.1, 0.15) is 13.3 Å². The molecule has 0 heterocycles. The van der Waals surface area contributed by atoms with Crippen molar-refractivity contribution in [2.75, 3.05) is 5.32 Å². The minimum Gasteiger partial charge on any atom is -0.480 e. The lowest BCUT2D eigenvalue weighted by molar-refractivity contribution is -0.137. The molecule has 0 bridgehead atoms. The van der Waals surface area contributed by atoms with Crippen LogP contribution in [0.2, 0.25) is 5.02 Å². The van der Waals surface area contributed by atoms with Crippen molar-refractivity contribution >= 4 is 39.2 Å². The molecule has 1 unspecified atom stereocenters. The van der Waals surface area contributed by atoms with E-state index in [1.165, 1.54) is 6.07 Å². The summed E-state index contributed by atoms with van der Waals surface area (Å²) in [6.07, 6.45) is 0.398. The summed E-state index contributed by atoms with van der Waals surface area (Å²) in [5.74, 6) is -1.46. The largest absolute Gasteiger partial charge is 0.480 e. The van der Waals surface area contributed by atoms with E-state index in [4.69, 9.17) is 16.7 Å². The predicted molar refractivity (Wildman–Crippen MR) is 64.4 cm³/mol. The number of anilines is 1. The number of nitrogens with one attached hydrogen (secondary N) is 1. The van der Waals surface area contributed by atoms with Crippen LogP contribution in [-0.4, -0.2) is 17.1 Å². The van der Waals surface area contributed by atoms with Gasteiger partial charge in [-0.3, -0.25) is 0 Å². The number of carbonyl (C=O) groups is 1. The molecule has 0 aliphatic carbocycles. The Hall–Kier alpha value is -0.810. The minimum atomic E-state index is -0.977. The van der Waals surface area contributed by atoms with Gasteiger partial charge in [-0.1, -0.05) is 18.5 Å². The van der Waals surface area contributed by atoms with Gasteiger partial charge in [0.25, 0.3) is 0 Å². The second kappa shape index (κ2) is 5.50. The molecule has 0 spiro atoms. The molecular formula is C10H10BrClFNO2. The Bertz CT molecular complexity index is 391. The smallest absolute Gasteiger partial charge is 0.326 e. The molecule has 0 aliphatic heterocycles. The van der Waals surface area contributed by atoms with Crippen molar-refractivity contribution in [3.8, 4) is 0 Å². The molecule has 0 aromatic heterocycles. The molecule has 6 heteroatoms. The number of rotatable bonds is 4. The van der Waals surface area contributed by atoms with Crippen LogP contribution in [0.15, 0.2) is 16.6 Å². The Labute approximate surface area is 106 Å². The van der Waals surface area contributed by atoms with Crippen LogP contribution in [0.4, 0.5) is 10.1 Å². The molecule has 88 valence electrons. The summed E-state index contributed by atoms with van der Waals surface area (Å²) in [4.78, 5) is 10.8. The molecule has 1 aromatic carbocycles. The fraction of sp³-hybridized carbons (Fsp3) is 0.300. The van der Waals surface area contributed by atoms with E-state index in [9.17, 15) is 9.18 Å². The molecule has 0 fully saturated rings. The van der Waals surface area contributed by atoms with E-state index in [2.05, 4.69) is 21.2 Å². The van der Waals surface area contributed by atoms with Gasteiger partial charge in [-0.25, -0.2) is 9.18 Å². The van der Waals surface area contributed by atoms with Crippen molar-refractivity contribution in [1.29, 1.82) is 0 Å². The Balaban J connectivity index is 3.01. The molecule has 0 aliphatic rings. The van der Waals surface area contributed by atoms with Crippen molar-refractivity contribution in [2.24, 2.45) is 0 Å². The average molecular weight is 311 g/mol. The summed E-state index contributed by atoms with van der Waals surface area (Å²) in [5, 5.41) is 11.8. The van der Waals surface area contributed by atoms with E-state index in [1.54, 1.807) is 6.92 Å². The van der Waals surface area contributed by atoms with Crippen molar-refractivity contribution < 1.29 is 14.3 Å². The van der Waals surface area contributed by atoms with Gasteiger partial charge in [0.05, 0.1) is 10.7 Å². The maximum atomic E-state index is 12.9. The lowest BCUT2D eigenvalue weighted by Crippen LogP contribution is -2.28. The Morgan fingerprint density at radius 3 is 2.75 bits per heavy atom. The first-order chi connectivity index (χ1) is 7.45. The zero-order valence-corrected chi connectivity index (χ0v) is 10.8. The third-order valence-corrected chi connectivity index (χ3v) is 2.96. The molecule has 0 saturated carbocycles. The molecule has 2 N–H and O–H groups in total. The lowest BCUT2D eigenvalue weighted by atomic mass is 10.2. The Morgan fingerprint density at radius 2 is 2.31 bits per heavy atom. The maximum Gasteiger partial charge on any atom is 0.326 e.